The first-order chi connectivity index (χ1) is 6.18. The SMILES string of the molecule is CC(=S)NCCN1CCN(C)CC1. The van der Waals surface area contributed by atoms with Crippen LogP contribution in [-0.2, 0) is 0 Å². The summed E-state index contributed by atoms with van der Waals surface area (Å²) in [4.78, 5) is 5.74. The van der Waals surface area contributed by atoms with Gasteiger partial charge in [0.15, 0.2) is 0 Å². The molecule has 0 aromatic heterocycles. The van der Waals surface area contributed by atoms with Gasteiger partial charge < -0.3 is 10.2 Å². The van der Waals surface area contributed by atoms with Gasteiger partial charge in [0.05, 0.1) is 4.99 Å². The van der Waals surface area contributed by atoms with Crippen molar-refractivity contribution in [1.82, 2.24) is 15.1 Å². The Labute approximate surface area is 86.1 Å². The lowest BCUT2D eigenvalue weighted by Gasteiger charge is -2.32. The van der Waals surface area contributed by atoms with E-state index in [9.17, 15) is 0 Å². The number of nitrogens with one attached hydrogen (secondary N) is 1. The van der Waals surface area contributed by atoms with Crippen LogP contribution in [-0.4, -0.2) is 61.1 Å². The average molecular weight is 201 g/mol. The number of piperazine rings is 1. The Morgan fingerprint density at radius 3 is 2.46 bits per heavy atom. The first-order valence-electron chi connectivity index (χ1n) is 4.84. The van der Waals surface area contributed by atoms with Crippen LogP contribution in [0, 0.1) is 0 Å². The number of nitrogens with zero attached hydrogens (tertiary/aromatic N) is 2. The van der Waals surface area contributed by atoms with Gasteiger partial charge in [0.25, 0.3) is 0 Å². The lowest BCUT2D eigenvalue weighted by Crippen LogP contribution is -2.46. The second-order valence-corrected chi connectivity index (χ2v) is 4.24. The predicted octanol–water partition coefficient (Wildman–Crippen LogP) is 0.171. The fourth-order valence-corrected chi connectivity index (χ4v) is 1.56. The molecule has 3 nitrogen and oxygen atoms in total. The molecule has 0 saturated carbocycles. The summed E-state index contributed by atoms with van der Waals surface area (Å²) in [7, 11) is 2.18. The smallest absolute Gasteiger partial charge is 0.0722 e. The molecule has 1 aliphatic heterocycles. The van der Waals surface area contributed by atoms with Crippen LogP contribution in [0.15, 0.2) is 0 Å². The zero-order valence-electron chi connectivity index (χ0n) is 8.55. The predicted molar refractivity (Wildman–Crippen MR) is 60.2 cm³/mol. The first kappa shape index (κ1) is 10.9. The molecule has 13 heavy (non-hydrogen) atoms. The van der Waals surface area contributed by atoms with Gasteiger partial charge in [-0.1, -0.05) is 12.2 Å². The van der Waals surface area contributed by atoms with E-state index in [1.54, 1.807) is 0 Å². The highest BCUT2D eigenvalue weighted by molar-refractivity contribution is 7.80. The molecule has 1 rings (SSSR count). The zero-order valence-corrected chi connectivity index (χ0v) is 9.36. The highest BCUT2D eigenvalue weighted by atomic mass is 32.1. The lowest BCUT2D eigenvalue weighted by molar-refractivity contribution is 0.156. The zero-order chi connectivity index (χ0) is 9.68. The molecule has 0 unspecified atom stereocenters. The fourth-order valence-electron chi connectivity index (χ4n) is 1.46. The van der Waals surface area contributed by atoms with Gasteiger partial charge in [0.2, 0.25) is 0 Å². The highest BCUT2D eigenvalue weighted by Gasteiger charge is 2.12. The van der Waals surface area contributed by atoms with Gasteiger partial charge in [-0.15, -0.1) is 0 Å². The first-order valence-corrected chi connectivity index (χ1v) is 5.24. The summed E-state index contributed by atoms with van der Waals surface area (Å²) >= 11 is 4.94. The lowest BCUT2D eigenvalue weighted by atomic mass is 10.3. The van der Waals surface area contributed by atoms with E-state index in [1.165, 1.54) is 26.2 Å². The van der Waals surface area contributed by atoms with E-state index in [-0.39, 0.29) is 0 Å². The van der Waals surface area contributed by atoms with E-state index in [0.717, 1.165) is 18.1 Å². The van der Waals surface area contributed by atoms with E-state index < -0.39 is 0 Å². The van der Waals surface area contributed by atoms with E-state index in [0.29, 0.717) is 0 Å². The van der Waals surface area contributed by atoms with Gasteiger partial charge in [-0.05, 0) is 14.0 Å². The number of rotatable bonds is 3. The minimum Gasteiger partial charge on any atom is -0.379 e. The Balaban J connectivity index is 2.05. The summed E-state index contributed by atoms with van der Waals surface area (Å²) in [5.41, 5.74) is 0. The van der Waals surface area contributed by atoms with Gasteiger partial charge in [0, 0.05) is 39.3 Å². The molecule has 1 fully saturated rings. The van der Waals surface area contributed by atoms with Crippen molar-refractivity contribution >= 4 is 17.2 Å². The van der Waals surface area contributed by atoms with Crippen LogP contribution in [0.25, 0.3) is 0 Å². The summed E-state index contributed by atoms with van der Waals surface area (Å²) < 4.78 is 0. The fraction of sp³-hybridized carbons (Fsp3) is 0.889. The normalized spacial score (nSPS) is 20.2. The quantitative estimate of drug-likeness (QED) is 0.656. The molecule has 76 valence electrons. The molecule has 0 bridgehead atoms. The summed E-state index contributed by atoms with van der Waals surface area (Å²) in [6, 6.07) is 0. The molecule has 0 atom stereocenters. The largest absolute Gasteiger partial charge is 0.379 e. The van der Waals surface area contributed by atoms with Crippen molar-refractivity contribution in [2.45, 2.75) is 6.92 Å². The van der Waals surface area contributed by atoms with Crippen LogP contribution < -0.4 is 5.32 Å². The van der Waals surface area contributed by atoms with Crippen LogP contribution in [0.4, 0.5) is 0 Å². The Hall–Kier alpha value is -0.190. The van der Waals surface area contributed by atoms with Crippen molar-refractivity contribution in [2.75, 3.05) is 46.3 Å². The molecular formula is C9H19N3S. The summed E-state index contributed by atoms with van der Waals surface area (Å²) in [5, 5.41) is 3.18. The molecule has 0 amide bonds. The number of thiocarbonyl (C=S) groups is 1. The number of hydrogen-bond donors (Lipinski definition) is 1. The Morgan fingerprint density at radius 1 is 1.31 bits per heavy atom. The molecule has 1 saturated heterocycles. The molecular weight excluding hydrogens is 182 g/mol. The van der Waals surface area contributed by atoms with Crippen LogP contribution >= 0.6 is 12.2 Å². The Morgan fingerprint density at radius 2 is 1.92 bits per heavy atom. The number of hydrogen-bond acceptors (Lipinski definition) is 3. The maximum absolute atomic E-state index is 4.94. The third-order valence-electron chi connectivity index (χ3n) is 2.40. The molecule has 0 aliphatic carbocycles. The maximum atomic E-state index is 4.94. The molecule has 0 radical (unpaired) electrons. The molecule has 1 aliphatic rings. The van der Waals surface area contributed by atoms with Crippen molar-refractivity contribution in [1.29, 1.82) is 0 Å². The van der Waals surface area contributed by atoms with E-state index in [1.807, 2.05) is 6.92 Å². The topological polar surface area (TPSA) is 18.5 Å². The van der Waals surface area contributed by atoms with Crippen molar-refractivity contribution in [3.63, 3.8) is 0 Å². The van der Waals surface area contributed by atoms with Gasteiger partial charge in [-0.3, -0.25) is 4.90 Å². The molecule has 1 N–H and O–H groups in total. The summed E-state index contributed by atoms with van der Waals surface area (Å²) in [6.45, 7) is 8.79. The molecule has 0 aromatic rings. The van der Waals surface area contributed by atoms with E-state index >= 15 is 0 Å². The maximum Gasteiger partial charge on any atom is 0.0722 e. The highest BCUT2D eigenvalue weighted by Crippen LogP contribution is 1.97. The summed E-state index contributed by atoms with van der Waals surface area (Å²) in [6.07, 6.45) is 0. The minimum absolute atomic E-state index is 0.897. The minimum atomic E-state index is 0.897. The van der Waals surface area contributed by atoms with Crippen molar-refractivity contribution in [3.05, 3.63) is 0 Å². The van der Waals surface area contributed by atoms with Crippen molar-refractivity contribution in [3.8, 4) is 0 Å². The Bertz CT molecular complexity index is 164. The van der Waals surface area contributed by atoms with Crippen LogP contribution in [0.1, 0.15) is 6.92 Å². The average Bonchev–Trinajstić information content (AvgIpc) is 2.08. The van der Waals surface area contributed by atoms with Crippen molar-refractivity contribution < 1.29 is 0 Å². The van der Waals surface area contributed by atoms with E-state index in [2.05, 4.69) is 22.2 Å². The van der Waals surface area contributed by atoms with E-state index in [4.69, 9.17) is 12.2 Å². The second-order valence-electron chi connectivity index (χ2n) is 3.63. The molecule has 0 aromatic carbocycles. The monoisotopic (exact) mass is 201 g/mol. The Kier molecular flexibility index (Phi) is 4.62. The third-order valence-corrected chi connectivity index (χ3v) is 2.54. The van der Waals surface area contributed by atoms with Crippen LogP contribution in [0.3, 0.4) is 0 Å². The number of likely N-dealkylation sites (N-methyl/N-ethyl adjacent to an activating group) is 1. The summed E-state index contributed by atoms with van der Waals surface area (Å²) in [5.74, 6) is 0. The molecule has 4 heteroatoms. The molecule has 0 spiro atoms. The second kappa shape index (κ2) is 5.52. The van der Waals surface area contributed by atoms with Crippen LogP contribution in [0.5, 0.6) is 0 Å². The standard InChI is InChI=1S/C9H19N3S/c1-9(13)10-3-4-12-7-5-11(2)6-8-12/h3-8H2,1-2H3,(H,10,13). The van der Waals surface area contributed by atoms with Gasteiger partial charge in [-0.25, -0.2) is 0 Å². The van der Waals surface area contributed by atoms with Gasteiger partial charge in [-0.2, -0.15) is 0 Å². The van der Waals surface area contributed by atoms with Gasteiger partial charge >= 0.3 is 0 Å². The van der Waals surface area contributed by atoms with Crippen molar-refractivity contribution in [2.24, 2.45) is 0 Å². The molecule has 1 heterocycles. The van der Waals surface area contributed by atoms with Gasteiger partial charge in [0.1, 0.15) is 0 Å². The van der Waals surface area contributed by atoms with Crippen LogP contribution in [0.2, 0.25) is 0 Å². The third kappa shape index (κ3) is 4.55.